The Bertz CT molecular complexity index is 161. The van der Waals surface area contributed by atoms with Gasteiger partial charge >= 0.3 is 0 Å². The fourth-order valence-electron chi connectivity index (χ4n) is 1.02. The molecule has 0 aromatic rings. The lowest BCUT2D eigenvalue weighted by Crippen LogP contribution is -1.77. The molecule has 0 aliphatic carbocycles. The second kappa shape index (κ2) is 8.32. The Morgan fingerprint density at radius 2 is 2.00 bits per heavy atom. The molecule has 0 unspecified atom stereocenters. The molecule has 0 fully saturated rings. The minimum absolute atomic E-state index is 1.02. The molecule has 0 aliphatic heterocycles. The third-order valence-corrected chi connectivity index (χ3v) is 1.82. The van der Waals surface area contributed by atoms with Crippen LogP contribution >= 0.6 is 0 Å². The predicted octanol–water partition coefficient (Wildman–Crippen LogP) is 4.26. The van der Waals surface area contributed by atoms with Crippen LogP contribution in [0.1, 0.15) is 39.5 Å². The van der Waals surface area contributed by atoms with E-state index in [2.05, 4.69) is 38.7 Å². The van der Waals surface area contributed by atoms with Crippen LogP contribution in [-0.4, -0.2) is 0 Å². The van der Waals surface area contributed by atoms with Gasteiger partial charge in [-0.05, 0) is 26.2 Å². The van der Waals surface area contributed by atoms with E-state index in [1.807, 2.05) is 6.08 Å². The van der Waals surface area contributed by atoms with Crippen molar-refractivity contribution < 1.29 is 0 Å². The molecule has 0 heteroatoms. The molecule has 0 spiro atoms. The van der Waals surface area contributed by atoms with Crippen molar-refractivity contribution in [2.45, 2.75) is 39.5 Å². The maximum absolute atomic E-state index is 3.73. The Balaban J connectivity index is 3.65. The predicted molar refractivity (Wildman–Crippen MR) is 57.2 cm³/mol. The van der Waals surface area contributed by atoms with Crippen LogP contribution in [0.3, 0.4) is 0 Å². The molecule has 12 heavy (non-hydrogen) atoms. The molecular formula is C12H20. The monoisotopic (exact) mass is 164 g/mol. The van der Waals surface area contributed by atoms with Crippen molar-refractivity contribution in [3.63, 3.8) is 0 Å². The normalized spacial score (nSPS) is 12.3. The molecule has 0 radical (unpaired) electrons. The van der Waals surface area contributed by atoms with Crippen molar-refractivity contribution >= 4 is 0 Å². The second-order valence-corrected chi connectivity index (χ2v) is 2.90. The van der Waals surface area contributed by atoms with E-state index in [0.29, 0.717) is 0 Å². The highest BCUT2D eigenvalue weighted by molar-refractivity contribution is 5.09. The Morgan fingerprint density at radius 3 is 2.50 bits per heavy atom. The van der Waals surface area contributed by atoms with Gasteiger partial charge < -0.3 is 0 Å². The molecule has 0 saturated carbocycles. The van der Waals surface area contributed by atoms with Gasteiger partial charge in [-0.25, -0.2) is 0 Å². The van der Waals surface area contributed by atoms with Crippen molar-refractivity contribution in [3.8, 4) is 0 Å². The molecule has 0 nitrogen and oxygen atoms in total. The van der Waals surface area contributed by atoms with Crippen LogP contribution in [-0.2, 0) is 0 Å². The summed E-state index contributed by atoms with van der Waals surface area (Å²) in [5, 5.41) is 0. The van der Waals surface area contributed by atoms with Crippen LogP contribution < -0.4 is 0 Å². The summed E-state index contributed by atoms with van der Waals surface area (Å²) in [6.07, 6.45) is 13.2. The van der Waals surface area contributed by atoms with Crippen LogP contribution in [0.15, 0.2) is 36.5 Å². The summed E-state index contributed by atoms with van der Waals surface area (Å²) < 4.78 is 0. The molecule has 0 atom stereocenters. The molecule has 0 N–H and O–H groups in total. The SMILES string of the molecule is C=CC/C(=C/C)C/C=C/CCC. The molecule has 0 heterocycles. The number of unbranched alkanes of at least 4 members (excludes halogenated alkanes) is 1. The minimum atomic E-state index is 1.02. The van der Waals surface area contributed by atoms with E-state index in [9.17, 15) is 0 Å². The first-order chi connectivity index (χ1) is 5.85. The quantitative estimate of drug-likeness (QED) is 0.515. The van der Waals surface area contributed by atoms with Gasteiger partial charge in [0.1, 0.15) is 0 Å². The van der Waals surface area contributed by atoms with Crippen LogP contribution in [0, 0.1) is 0 Å². The standard InChI is InChI=1S/C12H20/c1-4-7-8-9-11-12(6-3)10-5-2/h5-6,8-9H,2,4,7,10-11H2,1,3H3/b9-8+,12-6-. The van der Waals surface area contributed by atoms with Gasteiger partial charge in [-0.15, -0.1) is 6.58 Å². The van der Waals surface area contributed by atoms with E-state index in [4.69, 9.17) is 0 Å². The first kappa shape index (κ1) is 11.2. The zero-order valence-electron chi connectivity index (χ0n) is 8.34. The summed E-state index contributed by atoms with van der Waals surface area (Å²) in [6, 6.07) is 0. The van der Waals surface area contributed by atoms with E-state index in [1.165, 1.54) is 18.4 Å². The maximum Gasteiger partial charge on any atom is -0.0136 e. The third-order valence-electron chi connectivity index (χ3n) is 1.82. The number of rotatable bonds is 6. The van der Waals surface area contributed by atoms with Crippen LogP contribution in [0.4, 0.5) is 0 Å². The first-order valence-electron chi connectivity index (χ1n) is 4.75. The van der Waals surface area contributed by atoms with Gasteiger partial charge in [-0.1, -0.05) is 43.2 Å². The molecule has 0 bridgehead atoms. The Hall–Kier alpha value is -0.780. The molecule has 0 aromatic heterocycles. The van der Waals surface area contributed by atoms with E-state index in [0.717, 1.165) is 12.8 Å². The summed E-state index contributed by atoms with van der Waals surface area (Å²) in [5.41, 5.74) is 1.46. The lowest BCUT2D eigenvalue weighted by atomic mass is 10.1. The van der Waals surface area contributed by atoms with E-state index < -0.39 is 0 Å². The number of allylic oxidation sites excluding steroid dienone is 5. The zero-order valence-corrected chi connectivity index (χ0v) is 8.34. The Morgan fingerprint density at radius 1 is 1.25 bits per heavy atom. The highest BCUT2D eigenvalue weighted by atomic mass is 13.9. The lowest BCUT2D eigenvalue weighted by molar-refractivity contribution is 0.950. The Labute approximate surface area is 76.7 Å². The summed E-state index contributed by atoms with van der Waals surface area (Å²) in [4.78, 5) is 0. The molecule has 0 aliphatic rings. The highest BCUT2D eigenvalue weighted by Crippen LogP contribution is 2.08. The fourth-order valence-corrected chi connectivity index (χ4v) is 1.02. The lowest BCUT2D eigenvalue weighted by Gasteiger charge is -1.97. The van der Waals surface area contributed by atoms with Gasteiger partial charge in [-0.2, -0.15) is 0 Å². The topological polar surface area (TPSA) is 0 Å². The second-order valence-electron chi connectivity index (χ2n) is 2.90. The van der Waals surface area contributed by atoms with Crippen LogP contribution in [0.5, 0.6) is 0 Å². The van der Waals surface area contributed by atoms with Crippen molar-refractivity contribution in [2.75, 3.05) is 0 Å². The molecular weight excluding hydrogens is 144 g/mol. The van der Waals surface area contributed by atoms with E-state index >= 15 is 0 Å². The van der Waals surface area contributed by atoms with Crippen LogP contribution in [0.25, 0.3) is 0 Å². The maximum atomic E-state index is 3.73. The number of hydrogen-bond donors (Lipinski definition) is 0. The Kier molecular flexibility index (Phi) is 7.78. The minimum Gasteiger partial charge on any atom is -0.103 e. The smallest absolute Gasteiger partial charge is 0.0136 e. The third kappa shape index (κ3) is 5.96. The first-order valence-corrected chi connectivity index (χ1v) is 4.75. The van der Waals surface area contributed by atoms with Gasteiger partial charge in [0.25, 0.3) is 0 Å². The summed E-state index contributed by atoms with van der Waals surface area (Å²) in [5.74, 6) is 0. The van der Waals surface area contributed by atoms with Crippen molar-refractivity contribution in [2.24, 2.45) is 0 Å². The summed E-state index contributed by atoms with van der Waals surface area (Å²) in [7, 11) is 0. The molecule has 0 rings (SSSR count). The van der Waals surface area contributed by atoms with Gasteiger partial charge in [0.05, 0.1) is 0 Å². The van der Waals surface area contributed by atoms with E-state index in [-0.39, 0.29) is 0 Å². The highest BCUT2D eigenvalue weighted by Gasteiger charge is 1.88. The van der Waals surface area contributed by atoms with Gasteiger partial charge in [-0.3, -0.25) is 0 Å². The average molecular weight is 164 g/mol. The largest absolute Gasteiger partial charge is 0.103 e. The molecule has 0 amide bonds. The van der Waals surface area contributed by atoms with Crippen molar-refractivity contribution in [1.29, 1.82) is 0 Å². The molecule has 0 saturated heterocycles. The number of hydrogen-bond acceptors (Lipinski definition) is 0. The fraction of sp³-hybridized carbons (Fsp3) is 0.500. The van der Waals surface area contributed by atoms with Gasteiger partial charge in [0, 0.05) is 0 Å². The summed E-state index contributed by atoms with van der Waals surface area (Å²) >= 11 is 0. The zero-order chi connectivity index (χ0) is 9.23. The summed E-state index contributed by atoms with van der Waals surface area (Å²) in [6.45, 7) is 8.02. The average Bonchev–Trinajstić information content (AvgIpc) is 2.10. The van der Waals surface area contributed by atoms with E-state index in [1.54, 1.807) is 0 Å². The molecule has 68 valence electrons. The molecule has 0 aromatic carbocycles. The van der Waals surface area contributed by atoms with Gasteiger partial charge in [0.15, 0.2) is 0 Å². The van der Waals surface area contributed by atoms with Crippen molar-refractivity contribution in [1.82, 2.24) is 0 Å². The van der Waals surface area contributed by atoms with Gasteiger partial charge in [0.2, 0.25) is 0 Å². The van der Waals surface area contributed by atoms with Crippen molar-refractivity contribution in [3.05, 3.63) is 36.5 Å². The van der Waals surface area contributed by atoms with Crippen LogP contribution in [0.2, 0.25) is 0 Å².